The minimum absolute atomic E-state index is 0.711. The van der Waals surface area contributed by atoms with Crippen molar-refractivity contribution in [2.45, 2.75) is 145 Å². The summed E-state index contributed by atoms with van der Waals surface area (Å²) in [6, 6.07) is 15.4. The summed E-state index contributed by atoms with van der Waals surface area (Å²) in [6.07, 6.45) is 19.8. The first-order valence-corrected chi connectivity index (χ1v) is 40.4. The number of fused-ring (bicyclic) bond motifs is 2. The van der Waals surface area contributed by atoms with Crippen LogP contribution < -0.4 is 0 Å². The van der Waals surface area contributed by atoms with Gasteiger partial charge in [0, 0.05) is 0 Å². The molecule has 6 rings (SSSR count). The van der Waals surface area contributed by atoms with Crippen LogP contribution in [0.2, 0.25) is 61.6 Å². The molecule has 44 heavy (non-hydrogen) atoms. The molecule has 2 saturated carbocycles. The molecule has 0 amide bonds. The molecule has 0 saturated heterocycles. The van der Waals surface area contributed by atoms with Gasteiger partial charge in [0.2, 0.25) is 0 Å². The van der Waals surface area contributed by atoms with Gasteiger partial charge in [0.1, 0.15) is 0 Å². The predicted octanol–water partition coefficient (Wildman–Crippen LogP) is 12.9. The van der Waals surface area contributed by atoms with E-state index in [0.717, 1.165) is 11.8 Å². The fourth-order valence-electron chi connectivity index (χ4n) is 10.5. The fraction of sp³-hybridized carbons (Fsp3) is 0.600. The molecule has 0 N–H and O–H groups in total. The topological polar surface area (TPSA) is 0 Å². The zero-order chi connectivity index (χ0) is 31.7. The van der Waals surface area contributed by atoms with Gasteiger partial charge in [0.25, 0.3) is 0 Å². The van der Waals surface area contributed by atoms with E-state index in [1.807, 2.05) is 10.4 Å². The normalized spacial score (nSPS) is 24.5. The molecule has 0 nitrogen and oxygen atoms in total. The van der Waals surface area contributed by atoms with Gasteiger partial charge in [-0.25, -0.2) is 0 Å². The van der Waals surface area contributed by atoms with Crippen LogP contribution >= 0.6 is 0 Å². The van der Waals surface area contributed by atoms with E-state index in [1.165, 1.54) is 64.2 Å². The van der Waals surface area contributed by atoms with E-state index in [9.17, 15) is 0 Å². The predicted molar refractivity (Wildman–Crippen MR) is 203 cm³/mol. The van der Waals surface area contributed by atoms with Crippen molar-refractivity contribution in [3.63, 3.8) is 0 Å². The number of rotatable bonds is 7. The van der Waals surface area contributed by atoms with E-state index < -0.39 is 40.0 Å². The zero-order valence-corrected chi connectivity index (χ0v) is 35.7. The second kappa shape index (κ2) is 11.9. The van der Waals surface area contributed by atoms with Crippen molar-refractivity contribution < 1.29 is 17.9 Å². The van der Waals surface area contributed by atoms with Crippen molar-refractivity contribution in [1.29, 1.82) is 0 Å². The Bertz CT molecular complexity index is 1360. The quantitative estimate of drug-likeness (QED) is 0.250. The molecule has 4 aliphatic carbocycles. The summed E-state index contributed by atoms with van der Waals surface area (Å²) in [6.45, 7) is 21.7. The van der Waals surface area contributed by atoms with Crippen LogP contribution in [-0.2, 0) is 17.9 Å². The number of benzene rings is 2. The molecule has 2 aromatic carbocycles. The molecular formula is C40H63Si3Zr. The molecule has 4 aliphatic rings. The van der Waals surface area contributed by atoms with E-state index in [4.69, 9.17) is 0 Å². The van der Waals surface area contributed by atoms with Crippen LogP contribution in [0, 0.1) is 0 Å². The van der Waals surface area contributed by atoms with Crippen molar-refractivity contribution in [2.75, 3.05) is 0 Å². The third kappa shape index (κ3) is 5.46. The van der Waals surface area contributed by atoms with E-state index in [2.05, 4.69) is 110 Å². The van der Waals surface area contributed by atoms with Gasteiger partial charge >= 0.3 is 277 Å². The third-order valence-electron chi connectivity index (χ3n) is 13.7. The summed E-state index contributed by atoms with van der Waals surface area (Å²) in [4.78, 5) is 0. The first kappa shape index (κ1) is 33.4. The molecule has 4 heteroatoms. The van der Waals surface area contributed by atoms with Crippen LogP contribution in [0.5, 0.6) is 0 Å². The molecule has 0 radical (unpaired) electrons. The summed E-state index contributed by atoms with van der Waals surface area (Å²) in [5.74, 6) is 0.450. The zero-order valence-electron chi connectivity index (χ0n) is 30.1. The van der Waals surface area contributed by atoms with Crippen LogP contribution in [0.15, 0.2) is 46.8 Å². The molecule has 2 fully saturated rings. The molecule has 2 aromatic rings. The van der Waals surface area contributed by atoms with Gasteiger partial charge in [-0.2, -0.15) is 0 Å². The van der Waals surface area contributed by atoms with Crippen LogP contribution in [0.1, 0.15) is 117 Å². The molecule has 2 atom stereocenters. The molecule has 0 aromatic heterocycles. The van der Waals surface area contributed by atoms with Gasteiger partial charge in [0.05, 0.1) is 0 Å². The Morgan fingerprint density at radius 1 is 0.545 bits per heavy atom. The standard InChI is InChI=1S/2C18H25Si.C2H7Si.2CH3.Zr/c2*1-19(2,3)16-12-15-10-7-11-17(18(15)13-16)14-8-5-4-6-9-14;1-3-2;;;/h2*7,10-14H,4-6,8-9H2,1-3H3;3H,1-2H3;2*1H3;. The van der Waals surface area contributed by atoms with Gasteiger partial charge < -0.3 is 0 Å². The Balaban J connectivity index is 1.60. The summed E-state index contributed by atoms with van der Waals surface area (Å²) in [7, 11) is -3.16. The SMILES string of the molecule is C[SiH](C)[Zr]([CH3])([CH3])([CH]1C([Si](C)(C)C)=Cc2c(C3CCCCC3)cccc21)[CH]1C([Si](C)(C)C)=Cc2c(C3CCCCC3)cccc21. The molecule has 0 bridgehead atoms. The fourth-order valence-corrected chi connectivity index (χ4v) is 55.0. The molecule has 2 unspecified atom stereocenters. The summed E-state index contributed by atoms with van der Waals surface area (Å²) < 4.78 is 7.48. The van der Waals surface area contributed by atoms with E-state index in [-0.39, 0.29) is 0 Å². The van der Waals surface area contributed by atoms with Gasteiger partial charge in [-0.3, -0.25) is 0 Å². The second-order valence-corrected chi connectivity index (χ2v) is 66.8. The molecule has 0 heterocycles. The summed E-state index contributed by atoms with van der Waals surface area (Å²) >= 11 is -3.71. The van der Waals surface area contributed by atoms with Gasteiger partial charge in [-0.1, -0.05) is 0 Å². The van der Waals surface area contributed by atoms with E-state index in [1.54, 1.807) is 33.4 Å². The average molecular weight is 719 g/mol. The van der Waals surface area contributed by atoms with Crippen LogP contribution in [0.25, 0.3) is 12.2 Å². The van der Waals surface area contributed by atoms with Gasteiger partial charge in [-0.05, 0) is 0 Å². The first-order valence-electron chi connectivity index (χ1n) is 18.5. The molecular weight excluding hydrogens is 656 g/mol. The Hall–Kier alpha value is -0.546. The summed E-state index contributed by atoms with van der Waals surface area (Å²) in [5, 5.41) is 3.86. The first-order chi connectivity index (χ1) is 20.6. The number of hydrogen-bond donors (Lipinski definition) is 0. The average Bonchev–Trinajstić information content (AvgIpc) is 3.59. The summed E-state index contributed by atoms with van der Waals surface area (Å²) in [5.41, 5.74) is 10.4. The maximum atomic E-state index is 3.03. The van der Waals surface area contributed by atoms with Crippen LogP contribution in [0.3, 0.4) is 0 Å². The van der Waals surface area contributed by atoms with Crippen molar-refractivity contribution in [3.8, 4) is 0 Å². The Morgan fingerprint density at radius 2 is 0.886 bits per heavy atom. The second-order valence-electron chi connectivity index (χ2n) is 18.8. The van der Waals surface area contributed by atoms with Crippen molar-refractivity contribution >= 4 is 34.2 Å². The maximum absolute atomic E-state index is 3.71. The van der Waals surface area contributed by atoms with Gasteiger partial charge in [0.15, 0.2) is 0 Å². The van der Waals surface area contributed by atoms with Crippen molar-refractivity contribution in [3.05, 3.63) is 80.2 Å². The van der Waals surface area contributed by atoms with Crippen LogP contribution in [-0.4, -0.2) is 22.1 Å². The van der Waals surface area contributed by atoms with Crippen LogP contribution in [0.4, 0.5) is 0 Å². The molecule has 239 valence electrons. The Morgan fingerprint density at radius 3 is 1.20 bits per heavy atom. The molecule has 0 spiro atoms. The Labute approximate surface area is 275 Å². The Kier molecular flexibility index (Phi) is 8.99. The minimum atomic E-state index is -3.71. The number of allylic oxidation sites excluding steroid dienone is 2. The van der Waals surface area contributed by atoms with E-state index in [0.29, 0.717) is 7.25 Å². The number of hydrogen-bond acceptors (Lipinski definition) is 0. The van der Waals surface area contributed by atoms with Crippen molar-refractivity contribution in [1.82, 2.24) is 0 Å². The van der Waals surface area contributed by atoms with Gasteiger partial charge in [-0.15, -0.1) is 0 Å². The van der Waals surface area contributed by atoms with E-state index >= 15 is 0 Å². The third-order valence-corrected chi connectivity index (χ3v) is 65.9. The van der Waals surface area contributed by atoms with Crippen molar-refractivity contribution in [2.24, 2.45) is 0 Å². The monoisotopic (exact) mass is 717 g/mol. The molecule has 0 aliphatic heterocycles.